The summed E-state index contributed by atoms with van der Waals surface area (Å²) in [6.07, 6.45) is 0. The minimum absolute atomic E-state index is 0.0352. The monoisotopic (exact) mass is 367 g/mol. The van der Waals surface area contributed by atoms with Gasteiger partial charge >= 0.3 is 0 Å². The van der Waals surface area contributed by atoms with Crippen LogP contribution >= 0.6 is 50.5 Å². The van der Waals surface area contributed by atoms with Crippen LogP contribution in [0.4, 0.5) is 10.1 Å². The molecule has 0 spiro atoms. The third-order valence-corrected chi connectivity index (χ3v) is 4.49. The second-order valence-electron chi connectivity index (χ2n) is 3.79. The summed E-state index contributed by atoms with van der Waals surface area (Å²) in [5.41, 5.74) is 1.74. The summed E-state index contributed by atoms with van der Waals surface area (Å²) in [5, 5.41) is 5.56. The number of benzene rings is 1. The number of halogens is 4. The number of nitrogens with one attached hydrogen (secondary N) is 1. The van der Waals surface area contributed by atoms with Crippen molar-refractivity contribution in [1.82, 2.24) is 0 Å². The summed E-state index contributed by atoms with van der Waals surface area (Å²) in [6, 6.07) is 4.59. The Balaban J connectivity index is 2.24. The first-order valence-electron chi connectivity index (χ1n) is 5.12. The zero-order chi connectivity index (χ0) is 13.3. The van der Waals surface area contributed by atoms with Gasteiger partial charge in [0, 0.05) is 10.5 Å². The van der Waals surface area contributed by atoms with Crippen LogP contribution in [0.2, 0.25) is 9.36 Å². The van der Waals surface area contributed by atoms with E-state index in [2.05, 4.69) is 21.2 Å². The molecule has 0 saturated carbocycles. The summed E-state index contributed by atoms with van der Waals surface area (Å²) in [6.45, 7) is 1.99. The largest absolute Gasteiger partial charge is 0.376 e. The SMILES string of the molecule is CC(Nc1c(Cl)cc(F)cc1Br)c1csc(Cl)c1. The first-order chi connectivity index (χ1) is 8.47. The van der Waals surface area contributed by atoms with Crippen molar-refractivity contribution in [1.29, 1.82) is 0 Å². The summed E-state index contributed by atoms with van der Waals surface area (Å²) in [5.74, 6) is -0.372. The quantitative estimate of drug-likeness (QED) is 0.687. The molecule has 1 aromatic heterocycles. The van der Waals surface area contributed by atoms with Gasteiger partial charge in [-0.1, -0.05) is 23.2 Å². The first-order valence-corrected chi connectivity index (χ1v) is 7.55. The fourth-order valence-corrected chi connectivity index (χ4v) is 3.44. The van der Waals surface area contributed by atoms with Crippen LogP contribution in [0.3, 0.4) is 0 Å². The Hall–Kier alpha value is -0.290. The van der Waals surface area contributed by atoms with Gasteiger partial charge in [0.05, 0.1) is 15.0 Å². The summed E-state index contributed by atoms with van der Waals surface area (Å²) >= 11 is 16.7. The van der Waals surface area contributed by atoms with Gasteiger partial charge in [0.2, 0.25) is 0 Å². The maximum atomic E-state index is 13.1. The lowest BCUT2D eigenvalue weighted by Gasteiger charge is -2.16. The van der Waals surface area contributed by atoms with Crippen LogP contribution in [-0.2, 0) is 0 Å². The lowest BCUT2D eigenvalue weighted by atomic mass is 10.1. The highest BCUT2D eigenvalue weighted by atomic mass is 79.9. The van der Waals surface area contributed by atoms with E-state index in [-0.39, 0.29) is 11.9 Å². The normalized spacial score (nSPS) is 12.5. The standard InChI is InChI=1S/C12H9BrCl2FNS/c1-6(7-2-11(15)18-5-7)17-12-9(13)3-8(16)4-10(12)14/h2-6,17H,1H3. The van der Waals surface area contributed by atoms with Gasteiger partial charge in [-0.05, 0) is 52.0 Å². The molecule has 18 heavy (non-hydrogen) atoms. The van der Waals surface area contributed by atoms with Crippen LogP contribution < -0.4 is 5.32 Å². The molecule has 2 rings (SSSR count). The van der Waals surface area contributed by atoms with E-state index < -0.39 is 0 Å². The van der Waals surface area contributed by atoms with Crippen molar-refractivity contribution in [3.05, 3.63) is 48.8 Å². The molecule has 1 N–H and O–H groups in total. The number of hydrogen-bond donors (Lipinski definition) is 1. The van der Waals surface area contributed by atoms with E-state index in [9.17, 15) is 4.39 Å². The molecule has 1 heterocycles. The van der Waals surface area contributed by atoms with Gasteiger partial charge in [0.15, 0.2) is 0 Å². The summed E-state index contributed by atoms with van der Waals surface area (Å²) < 4.78 is 14.5. The third-order valence-electron chi connectivity index (χ3n) is 2.46. The molecule has 0 amide bonds. The lowest BCUT2D eigenvalue weighted by Crippen LogP contribution is -2.06. The van der Waals surface area contributed by atoms with Crippen molar-refractivity contribution >= 4 is 56.2 Å². The molecule has 1 atom stereocenters. The molecule has 0 fully saturated rings. The number of hydrogen-bond acceptors (Lipinski definition) is 2. The second kappa shape index (κ2) is 5.78. The highest BCUT2D eigenvalue weighted by Gasteiger charge is 2.13. The Morgan fingerprint density at radius 2 is 2.06 bits per heavy atom. The van der Waals surface area contributed by atoms with Crippen molar-refractivity contribution in [2.45, 2.75) is 13.0 Å². The second-order valence-corrected chi connectivity index (χ2v) is 6.60. The Morgan fingerprint density at radius 1 is 1.33 bits per heavy atom. The molecule has 1 aromatic carbocycles. The number of thiophene rings is 1. The van der Waals surface area contributed by atoms with Gasteiger partial charge in [-0.25, -0.2) is 4.39 Å². The molecular weight excluding hydrogens is 360 g/mol. The third kappa shape index (κ3) is 3.18. The highest BCUT2D eigenvalue weighted by Crippen LogP contribution is 2.35. The van der Waals surface area contributed by atoms with E-state index in [0.29, 0.717) is 15.2 Å². The van der Waals surface area contributed by atoms with Crippen LogP contribution in [0, 0.1) is 5.82 Å². The molecule has 0 radical (unpaired) electrons. The Bertz CT molecular complexity index is 550. The average molecular weight is 369 g/mol. The molecule has 96 valence electrons. The number of rotatable bonds is 3. The van der Waals surface area contributed by atoms with Crippen molar-refractivity contribution < 1.29 is 4.39 Å². The van der Waals surface area contributed by atoms with Gasteiger partial charge in [0.1, 0.15) is 5.82 Å². The first kappa shape index (κ1) is 14.1. The van der Waals surface area contributed by atoms with Gasteiger partial charge in [-0.15, -0.1) is 11.3 Å². The fourth-order valence-electron chi connectivity index (χ4n) is 1.53. The van der Waals surface area contributed by atoms with Crippen molar-refractivity contribution in [2.24, 2.45) is 0 Å². The van der Waals surface area contributed by atoms with E-state index in [1.165, 1.54) is 23.5 Å². The van der Waals surface area contributed by atoms with E-state index >= 15 is 0 Å². The van der Waals surface area contributed by atoms with Crippen molar-refractivity contribution in [3.8, 4) is 0 Å². The minimum atomic E-state index is -0.372. The molecule has 6 heteroatoms. The van der Waals surface area contributed by atoms with E-state index in [1.54, 1.807) is 0 Å². The van der Waals surface area contributed by atoms with E-state index in [0.717, 1.165) is 9.90 Å². The molecule has 1 nitrogen and oxygen atoms in total. The molecular formula is C12H9BrCl2FNS. The van der Waals surface area contributed by atoms with E-state index in [1.807, 2.05) is 18.4 Å². The molecule has 0 aliphatic rings. The summed E-state index contributed by atoms with van der Waals surface area (Å²) in [7, 11) is 0. The highest BCUT2D eigenvalue weighted by molar-refractivity contribution is 9.10. The Kier molecular flexibility index (Phi) is 4.54. The van der Waals surface area contributed by atoms with Gasteiger partial charge in [-0.3, -0.25) is 0 Å². The predicted molar refractivity (Wildman–Crippen MR) is 80.5 cm³/mol. The fraction of sp³-hybridized carbons (Fsp3) is 0.167. The molecule has 2 aromatic rings. The van der Waals surface area contributed by atoms with E-state index in [4.69, 9.17) is 23.2 Å². The number of anilines is 1. The molecule has 0 bridgehead atoms. The predicted octanol–water partition coefficient (Wildman–Crippen LogP) is 6.13. The molecule has 1 unspecified atom stereocenters. The average Bonchev–Trinajstić information content (AvgIpc) is 2.70. The zero-order valence-electron chi connectivity index (χ0n) is 9.31. The van der Waals surface area contributed by atoms with Gasteiger partial charge in [-0.2, -0.15) is 0 Å². The lowest BCUT2D eigenvalue weighted by molar-refractivity contribution is 0.627. The van der Waals surface area contributed by atoms with Gasteiger partial charge in [0.25, 0.3) is 0 Å². The van der Waals surface area contributed by atoms with Gasteiger partial charge < -0.3 is 5.32 Å². The van der Waals surface area contributed by atoms with Crippen LogP contribution in [0.15, 0.2) is 28.1 Å². The topological polar surface area (TPSA) is 12.0 Å². The van der Waals surface area contributed by atoms with Crippen molar-refractivity contribution in [3.63, 3.8) is 0 Å². The Morgan fingerprint density at radius 3 is 2.61 bits per heavy atom. The minimum Gasteiger partial charge on any atom is -0.376 e. The molecule has 0 saturated heterocycles. The van der Waals surface area contributed by atoms with Crippen LogP contribution in [0.25, 0.3) is 0 Å². The van der Waals surface area contributed by atoms with Crippen LogP contribution in [0.1, 0.15) is 18.5 Å². The molecule has 0 aliphatic heterocycles. The van der Waals surface area contributed by atoms with Crippen LogP contribution in [-0.4, -0.2) is 0 Å². The Labute approximate surface area is 127 Å². The van der Waals surface area contributed by atoms with Crippen molar-refractivity contribution in [2.75, 3.05) is 5.32 Å². The zero-order valence-corrected chi connectivity index (χ0v) is 13.2. The van der Waals surface area contributed by atoms with Crippen LogP contribution in [0.5, 0.6) is 0 Å². The summed E-state index contributed by atoms with van der Waals surface area (Å²) in [4.78, 5) is 0. The smallest absolute Gasteiger partial charge is 0.125 e. The maximum absolute atomic E-state index is 13.1. The maximum Gasteiger partial charge on any atom is 0.125 e. The molecule has 0 aliphatic carbocycles.